The molecule has 4 heteroatoms. The summed E-state index contributed by atoms with van der Waals surface area (Å²) in [6.07, 6.45) is 2.68. The molecule has 1 heterocycles. The van der Waals surface area contributed by atoms with Gasteiger partial charge in [-0.2, -0.15) is 0 Å². The lowest BCUT2D eigenvalue weighted by atomic mass is 10.3. The van der Waals surface area contributed by atoms with Gasteiger partial charge in [0.15, 0.2) is 0 Å². The highest BCUT2D eigenvalue weighted by Gasteiger charge is 2.05. The van der Waals surface area contributed by atoms with E-state index in [-0.39, 0.29) is 5.38 Å². The maximum Gasteiger partial charge on any atom is 0.0849 e. The predicted octanol–water partition coefficient (Wildman–Crippen LogP) is 3.47. The molecule has 0 aromatic carbocycles. The normalized spacial score (nSPS) is 12.6. The molecule has 1 N–H and O–H groups in total. The molecule has 0 saturated carbocycles. The lowest BCUT2D eigenvalue weighted by molar-refractivity contribution is 0.843. The van der Waals surface area contributed by atoms with Gasteiger partial charge in [0, 0.05) is 12.7 Å². The van der Waals surface area contributed by atoms with Gasteiger partial charge in [0.1, 0.15) is 0 Å². The molecule has 2 nitrogen and oxygen atoms in total. The first-order chi connectivity index (χ1) is 6.65. The van der Waals surface area contributed by atoms with E-state index in [0.29, 0.717) is 5.02 Å². The SMILES string of the molecule is CCC(Cl)CNc1ccnc(C)c1Cl. The maximum atomic E-state index is 6.05. The average molecular weight is 233 g/mol. The number of pyridine rings is 1. The zero-order chi connectivity index (χ0) is 10.6. The Hall–Kier alpha value is -0.470. The van der Waals surface area contributed by atoms with Crippen LogP contribution in [0, 0.1) is 6.92 Å². The standard InChI is InChI=1S/C10H14Cl2N2/c1-3-8(11)6-14-9-4-5-13-7(2)10(9)12/h4-5,8H,3,6H2,1-2H3,(H,13,14). The molecule has 0 radical (unpaired) electrons. The number of aromatic nitrogens is 1. The largest absolute Gasteiger partial charge is 0.382 e. The summed E-state index contributed by atoms with van der Waals surface area (Å²) in [6, 6.07) is 1.86. The van der Waals surface area contributed by atoms with Crippen molar-refractivity contribution in [1.29, 1.82) is 0 Å². The summed E-state index contributed by atoms with van der Waals surface area (Å²) in [5.41, 5.74) is 1.73. The fraction of sp³-hybridized carbons (Fsp3) is 0.500. The molecule has 0 aliphatic carbocycles. The van der Waals surface area contributed by atoms with Gasteiger partial charge in [0.25, 0.3) is 0 Å². The summed E-state index contributed by atoms with van der Waals surface area (Å²) in [5.74, 6) is 0. The molecule has 78 valence electrons. The zero-order valence-corrected chi connectivity index (χ0v) is 9.86. The van der Waals surface area contributed by atoms with Gasteiger partial charge in [0.05, 0.1) is 21.8 Å². The fourth-order valence-corrected chi connectivity index (χ4v) is 1.31. The number of nitrogens with zero attached hydrogens (tertiary/aromatic N) is 1. The summed E-state index contributed by atoms with van der Waals surface area (Å²) in [6.45, 7) is 4.66. The van der Waals surface area contributed by atoms with Crippen molar-refractivity contribution in [2.24, 2.45) is 0 Å². The van der Waals surface area contributed by atoms with E-state index in [1.54, 1.807) is 6.20 Å². The number of hydrogen-bond donors (Lipinski definition) is 1. The van der Waals surface area contributed by atoms with Crippen LogP contribution in [0.2, 0.25) is 5.02 Å². The van der Waals surface area contributed by atoms with Crippen LogP contribution in [0.1, 0.15) is 19.0 Å². The molecule has 0 saturated heterocycles. The molecular formula is C10H14Cl2N2. The summed E-state index contributed by atoms with van der Waals surface area (Å²) < 4.78 is 0. The molecule has 0 amide bonds. The number of halogens is 2. The molecule has 1 unspecified atom stereocenters. The van der Waals surface area contributed by atoms with E-state index in [0.717, 1.165) is 24.3 Å². The number of aryl methyl sites for hydroxylation is 1. The van der Waals surface area contributed by atoms with Gasteiger partial charge in [-0.25, -0.2) is 0 Å². The lowest BCUT2D eigenvalue weighted by Gasteiger charge is -2.11. The molecule has 0 bridgehead atoms. The summed E-state index contributed by atoms with van der Waals surface area (Å²) in [7, 11) is 0. The highest BCUT2D eigenvalue weighted by atomic mass is 35.5. The third kappa shape index (κ3) is 3.03. The molecular weight excluding hydrogens is 219 g/mol. The van der Waals surface area contributed by atoms with Gasteiger partial charge in [-0.15, -0.1) is 11.6 Å². The van der Waals surface area contributed by atoms with Crippen LogP contribution in [-0.2, 0) is 0 Å². The molecule has 1 rings (SSSR count). The first-order valence-electron chi connectivity index (χ1n) is 4.64. The number of rotatable bonds is 4. The molecule has 0 aliphatic heterocycles. The third-order valence-corrected chi connectivity index (χ3v) is 2.96. The number of nitrogens with one attached hydrogen (secondary N) is 1. The van der Waals surface area contributed by atoms with Crippen molar-refractivity contribution in [3.8, 4) is 0 Å². The van der Waals surface area contributed by atoms with Gasteiger partial charge in [-0.05, 0) is 19.4 Å². The molecule has 1 atom stereocenters. The summed E-state index contributed by atoms with van der Waals surface area (Å²) >= 11 is 12.0. The van der Waals surface area contributed by atoms with Gasteiger partial charge >= 0.3 is 0 Å². The monoisotopic (exact) mass is 232 g/mol. The van der Waals surface area contributed by atoms with Crippen LogP contribution in [0.15, 0.2) is 12.3 Å². The zero-order valence-electron chi connectivity index (χ0n) is 8.35. The van der Waals surface area contributed by atoms with Crippen LogP contribution in [0.25, 0.3) is 0 Å². The van der Waals surface area contributed by atoms with Crippen molar-refractivity contribution in [2.75, 3.05) is 11.9 Å². The van der Waals surface area contributed by atoms with Crippen LogP contribution in [0.3, 0.4) is 0 Å². The molecule has 0 spiro atoms. The van der Waals surface area contributed by atoms with E-state index in [1.807, 2.05) is 13.0 Å². The van der Waals surface area contributed by atoms with Crippen molar-refractivity contribution in [3.63, 3.8) is 0 Å². The Labute approximate surface area is 94.6 Å². The molecule has 0 aliphatic rings. The number of anilines is 1. The van der Waals surface area contributed by atoms with Gasteiger partial charge in [-0.3, -0.25) is 4.98 Å². The third-order valence-electron chi connectivity index (χ3n) is 2.02. The fourth-order valence-electron chi connectivity index (χ4n) is 1.05. The summed E-state index contributed by atoms with van der Waals surface area (Å²) in [5, 5.41) is 4.01. The first-order valence-corrected chi connectivity index (χ1v) is 5.45. The minimum Gasteiger partial charge on any atom is -0.382 e. The molecule has 14 heavy (non-hydrogen) atoms. The van der Waals surface area contributed by atoms with Crippen molar-refractivity contribution >= 4 is 28.9 Å². The lowest BCUT2D eigenvalue weighted by Crippen LogP contribution is -2.13. The smallest absolute Gasteiger partial charge is 0.0849 e. The van der Waals surface area contributed by atoms with Crippen molar-refractivity contribution in [3.05, 3.63) is 23.0 Å². The summed E-state index contributed by atoms with van der Waals surface area (Å²) in [4.78, 5) is 4.08. The van der Waals surface area contributed by atoms with Gasteiger partial charge in [0.2, 0.25) is 0 Å². The van der Waals surface area contributed by atoms with Gasteiger partial charge < -0.3 is 5.32 Å². The number of hydrogen-bond acceptors (Lipinski definition) is 2. The van der Waals surface area contributed by atoms with Crippen LogP contribution in [0.5, 0.6) is 0 Å². The van der Waals surface area contributed by atoms with Crippen LogP contribution in [0.4, 0.5) is 5.69 Å². The van der Waals surface area contributed by atoms with E-state index < -0.39 is 0 Å². The second-order valence-corrected chi connectivity index (χ2v) is 4.14. The Bertz CT molecular complexity index is 302. The van der Waals surface area contributed by atoms with Crippen LogP contribution in [-0.4, -0.2) is 16.9 Å². The van der Waals surface area contributed by atoms with Gasteiger partial charge in [-0.1, -0.05) is 18.5 Å². The Morgan fingerprint density at radius 1 is 1.57 bits per heavy atom. The Kier molecular flexibility index (Phi) is 4.49. The molecule has 0 fully saturated rings. The highest BCUT2D eigenvalue weighted by molar-refractivity contribution is 6.33. The van der Waals surface area contributed by atoms with E-state index in [4.69, 9.17) is 23.2 Å². The Morgan fingerprint density at radius 3 is 2.93 bits per heavy atom. The molecule has 1 aromatic rings. The Morgan fingerprint density at radius 2 is 2.29 bits per heavy atom. The highest BCUT2D eigenvalue weighted by Crippen LogP contribution is 2.23. The second-order valence-electron chi connectivity index (χ2n) is 3.14. The minimum atomic E-state index is 0.138. The molecule has 1 aromatic heterocycles. The van der Waals surface area contributed by atoms with Crippen LogP contribution < -0.4 is 5.32 Å². The predicted molar refractivity (Wildman–Crippen MR) is 62.4 cm³/mol. The van der Waals surface area contributed by atoms with E-state index in [9.17, 15) is 0 Å². The van der Waals surface area contributed by atoms with Crippen molar-refractivity contribution in [2.45, 2.75) is 25.6 Å². The first kappa shape index (κ1) is 11.6. The number of alkyl halides is 1. The maximum absolute atomic E-state index is 6.05. The van der Waals surface area contributed by atoms with Crippen LogP contribution >= 0.6 is 23.2 Å². The average Bonchev–Trinajstić information content (AvgIpc) is 2.20. The topological polar surface area (TPSA) is 24.9 Å². The van der Waals surface area contributed by atoms with Crippen molar-refractivity contribution < 1.29 is 0 Å². The van der Waals surface area contributed by atoms with E-state index in [1.165, 1.54) is 0 Å². The van der Waals surface area contributed by atoms with E-state index in [2.05, 4.69) is 17.2 Å². The minimum absolute atomic E-state index is 0.138. The van der Waals surface area contributed by atoms with E-state index >= 15 is 0 Å². The second kappa shape index (κ2) is 5.42. The Balaban J connectivity index is 2.63. The quantitative estimate of drug-likeness (QED) is 0.805. The van der Waals surface area contributed by atoms with Crippen molar-refractivity contribution in [1.82, 2.24) is 4.98 Å².